The lowest BCUT2D eigenvalue weighted by molar-refractivity contribution is 0.527. The first-order valence-electron chi connectivity index (χ1n) is 7.12. The first kappa shape index (κ1) is 14.9. The number of rotatable bonds is 7. The van der Waals surface area contributed by atoms with Crippen molar-refractivity contribution in [2.75, 3.05) is 11.2 Å². The van der Waals surface area contributed by atoms with Crippen LogP contribution in [0.2, 0.25) is 0 Å². The van der Waals surface area contributed by atoms with Crippen LogP contribution in [0.25, 0.3) is 0 Å². The second-order valence-electron chi connectivity index (χ2n) is 5.23. The highest BCUT2D eigenvalue weighted by Crippen LogP contribution is 2.14. The average Bonchev–Trinajstić information content (AvgIpc) is 2.92. The highest BCUT2D eigenvalue weighted by atomic mass is 35.5. The maximum atomic E-state index is 5.73. The summed E-state index contributed by atoms with van der Waals surface area (Å²) in [6.07, 6.45) is 4.07. The Labute approximate surface area is 126 Å². The van der Waals surface area contributed by atoms with E-state index in [9.17, 15) is 0 Å². The van der Waals surface area contributed by atoms with Crippen molar-refractivity contribution in [1.82, 2.24) is 9.78 Å². The van der Waals surface area contributed by atoms with Gasteiger partial charge >= 0.3 is 0 Å². The molecule has 1 heterocycles. The van der Waals surface area contributed by atoms with E-state index >= 15 is 0 Å². The van der Waals surface area contributed by atoms with Crippen molar-refractivity contribution in [3.05, 3.63) is 47.8 Å². The van der Waals surface area contributed by atoms with E-state index in [-0.39, 0.29) is 0 Å². The molecule has 3 nitrogen and oxygen atoms in total. The monoisotopic (exact) mass is 291 g/mol. The van der Waals surface area contributed by atoms with Crippen LogP contribution in [0.1, 0.15) is 37.6 Å². The van der Waals surface area contributed by atoms with Crippen LogP contribution in [-0.2, 0) is 13.0 Å². The molecular weight excluding hydrogens is 270 g/mol. The first-order chi connectivity index (χ1) is 9.69. The molecule has 0 aliphatic heterocycles. The van der Waals surface area contributed by atoms with E-state index in [2.05, 4.69) is 54.6 Å². The van der Waals surface area contributed by atoms with Crippen molar-refractivity contribution < 1.29 is 0 Å². The minimum atomic E-state index is 0.405. The fourth-order valence-electron chi connectivity index (χ4n) is 2.06. The van der Waals surface area contributed by atoms with E-state index in [0.717, 1.165) is 30.8 Å². The van der Waals surface area contributed by atoms with Gasteiger partial charge in [0.25, 0.3) is 0 Å². The van der Waals surface area contributed by atoms with Gasteiger partial charge in [-0.05, 0) is 50.5 Å². The zero-order valence-corrected chi connectivity index (χ0v) is 12.9. The Morgan fingerprint density at radius 2 is 2.15 bits per heavy atom. The molecule has 0 radical (unpaired) electrons. The molecule has 0 aliphatic carbocycles. The molecule has 1 N–H and O–H groups in total. The van der Waals surface area contributed by atoms with Crippen LogP contribution in [0.15, 0.2) is 36.5 Å². The molecule has 0 fully saturated rings. The predicted molar refractivity (Wildman–Crippen MR) is 85.4 cm³/mol. The van der Waals surface area contributed by atoms with Crippen LogP contribution >= 0.6 is 11.6 Å². The molecule has 0 saturated carbocycles. The van der Waals surface area contributed by atoms with Crippen molar-refractivity contribution in [2.45, 2.75) is 39.3 Å². The molecule has 0 spiro atoms. The van der Waals surface area contributed by atoms with Crippen LogP contribution in [0.5, 0.6) is 0 Å². The fourth-order valence-corrected chi connectivity index (χ4v) is 2.19. The first-order valence-corrected chi connectivity index (χ1v) is 7.65. The van der Waals surface area contributed by atoms with E-state index in [0.29, 0.717) is 11.9 Å². The van der Waals surface area contributed by atoms with Gasteiger partial charge in [0.2, 0.25) is 0 Å². The molecule has 0 amide bonds. The lowest BCUT2D eigenvalue weighted by atomic mass is 10.1. The van der Waals surface area contributed by atoms with Crippen LogP contribution in [0, 0.1) is 0 Å². The molecule has 0 aliphatic rings. The summed E-state index contributed by atoms with van der Waals surface area (Å²) in [5.74, 6) is 0.713. The van der Waals surface area contributed by atoms with Crippen molar-refractivity contribution >= 4 is 17.3 Å². The summed E-state index contributed by atoms with van der Waals surface area (Å²) in [6, 6.07) is 11.0. The maximum absolute atomic E-state index is 5.73. The van der Waals surface area contributed by atoms with Gasteiger partial charge in [0.05, 0.1) is 12.2 Å². The van der Waals surface area contributed by atoms with Crippen LogP contribution in [0.3, 0.4) is 0 Å². The van der Waals surface area contributed by atoms with Gasteiger partial charge in [-0.3, -0.25) is 4.68 Å². The lowest BCUT2D eigenvalue weighted by Crippen LogP contribution is -2.04. The normalized spacial score (nSPS) is 11.0. The summed E-state index contributed by atoms with van der Waals surface area (Å²) in [5.41, 5.74) is 3.52. The molecule has 0 atom stereocenters. The van der Waals surface area contributed by atoms with Crippen LogP contribution in [0.4, 0.5) is 5.69 Å². The summed E-state index contributed by atoms with van der Waals surface area (Å²) >= 11 is 5.73. The van der Waals surface area contributed by atoms with E-state index in [1.165, 1.54) is 5.56 Å². The molecule has 108 valence electrons. The standard InChI is InChI=1S/C16H22ClN3/c1-13(2)20-10-8-16(19-20)12-18-15-7-3-5-14(11-15)6-4-9-17/h3,5,7-8,10-11,13,18H,4,6,9,12H2,1-2H3. The third kappa shape index (κ3) is 4.27. The third-order valence-corrected chi connectivity index (χ3v) is 3.46. The van der Waals surface area contributed by atoms with Crippen LogP contribution in [-0.4, -0.2) is 15.7 Å². The zero-order chi connectivity index (χ0) is 14.4. The molecule has 1 aromatic heterocycles. The SMILES string of the molecule is CC(C)n1ccc(CNc2cccc(CCCCl)c2)n1. The van der Waals surface area contributed by atoms with Crippen molar-refractivity contribution in [1.29, 1.82) is 0 Å². The quantitative estimate of drug-likeness (QED) is 0.773. The lowest BCUT2D eigenvalue weighted by Gasteiger charge is -2.07. The summed E-state index contributed by atoms with van der Waals surface area (Å²) in [6.45, 7) is 5.01. The highest BCUT2D eigenvalue weighted by molar-refractivity contribution is 6.17. The van der Waals surface area contributed by atoms with E-state index in [1.807, 2.05) is 10.9 Å². The summed E-state index contributed by atoms with van der Waals surface area (Å²) in [4.78, 5) is 0. The number of halogens is 1. The number of aryl methyl sites for hydroxylation is 1. The highest BCUT2D eigenvalue weighted by Gasteiger charge is 2.02. The largest absolute Gasteiger partial charge is 0.379 e. The minimum Gasteiger partial charge on any atom is -0.379 e. The number of alkyl halides is 1. The summed E-state index contributed by atoms with van der Waals surface area (Å²) < 4.78 is 1.98. The number of aromatic nitrogens is 2. The molecular formula is C16H22ClN3. The van der Waals surface area contributed by atoms with Gasteiger partial charge in [-0.25, -0.2) is 0 Å². The molecule has 2 rings (SSSR count). The van der Waals surface area contributed by atoms with Gasteiger partial charge in [-0.1, -0.05) is 12.1 Å². The number of anilines is 1. The van der Waals surface area contributed by atoms with Crippen molar-refractivity contribution in [3.8, 4) is 0 Å². The summed E-state index contributed by atoms with van der Waals surface area (Å²) in [7, 11) is 0. The Balaban J connectivity index is 1.92. The van der Waals surface area contributed by atoms with Gasteiger partial charge < -0.3 is 5.32 Å². The number of nitrogens with one attached hydrogen (secondary N) is 1. The van der Waals surface area contributed by atoms with Gasteiger partial charge in [0.15, 0.2) is 0 Å². The van der Waals surface area contributed by atoms with E-state index in [4.69, 9.17) is 11.6 Å². The van der Waals surface area contributed by atoms with E-state index in [1.54, 1.807) is 0 Å². The number of nitrogens with zero attached hydrogens (tertiary/aromatic N) is 2. The second-order valence-corrected chi connectivity index (χ2v) is 5.61. The molecule has 20 heavy (non-hydrogen) atoms. The molecule has 0 unspecified atom stereocenters. The number of benzene rings is 1. The Hall–Kier alpha value is -1.48. The Kier molecular flexibility index (Phi) is 5.48. The number of hydrogen-bond donors (Lipinski definition) is 1. The molecule has 0 saturated heterocycles. The number of hydrogen-bond acceptors (Lipinski definition) is 2. The predicted octanol–water partition coefficient (Wildman–Crippen LogP) is 4.25. The molecule has 0 bridgehead atoms. The molecule has 2 aromatic rings. The Morgan fingerprint density at radius 1 is 1.30 bits per heavy atom. The van der Waals surface area contributed by atoms with Crippen molar-refractivity contribution in [3.63, 3.8) is 0 Å². The fraction of sp³-hybridized carbons (Fsp3) is 0.438. The van der Waals surface area contributed by atoms with Gasteiger partial charge in [0.1, 0.15) is 0 Å². The summed E-state index contributed by atoms with van der Waals surface area (Å²) in [5, 5.41) is 7.95. The smallest absolute Gasteiger partial charge is 0.0815 e. The second kappa shape index (κ2) is 7.34. The molecule has 1 aromatic carbocycles. The van der Waals surface area contributed by atoms with E-state index < -0.39 is 0 Å². The van der Waals surface area contributed by atoms with Gasteiger partial charge in [0, 0.05) is 23.8 Å². The van der Waals surface area contributed by atoms with Crippen molar-refractivity contribution in [2.24, 2.45) is 0 Å². The topological polar surface area (TPSA) is 29.9 Å². The third-order valence-electron chi connectivity index (χ3n) is 3.19. The Morgan fingerprint density at radius 3 is 2.85 bits per heavy atom. The van der Waals surface area contributed by atoms with Gasteiger partial charge in [-0.2, -0.15) is 5.10 Å². The Bertz CT molecular complexity index is 534. The molecule has 4 heteroatoms. The average molecular weight is 292 g/mol. The maximum Gasteiger partial charge on any atom is 0.0815 e. The van der Waals surface area contributed by atoms with Crippen LogP contribution < -0.4 is 5.32 Å². The minimum absolute atomic E-state index is 0.405. The zero-order valence-electron chi connectivity index (χ0n) is 12.1. The van der Waals surface area contributed by atoms with Gasteiger partial charge in [-0.15, -0.1) is 11.6 Å².